The molecule has 1 aromatic carbocycles. The van der Waals surface area contributed by atoms with Crippen molar-refractivity contribution in [2.45, 2.75) is 52.0 Å². The van der Waals surface area contributed by atoms with Gasteiger partial charge in [0.1, 0.15) is 5.82 Å². The van der Waals surface area contributed by atoms with Crippen molar-refractivity contribution in [1.82, 2.24) is 15.3 Å². The third-order valence-electron chi connectivity index (χ3n) is 4.64. The van der Waals surface area contributed by atoms with E-state index < -0.39 is 0 Å². The first-order valence-electron chi connectivity index (χ1n) is 8.40. The molecule has 1 amide bonds. The van der Waals surface area contributed by atoms with Crippen molar-refractivity contribution in [2.75, 3.05) is 0 Å². The van der Waals surface area contributed by atoms with E-state index in [2.05, 4.69) is 29.1 Å². The number of nitrogens with one attached hydrogen (secondary N) is 2. The molecule has 0 radical (unpaired) electrons. The lowest BCUT2D eigenvalue weighted by molar-refractivity contribution is -0.127. The second-order valence-electron chi connectivity index (χ2n) is 6.70. The minimum absolute atomic E-state index is 0.0539. The smallest absolute Gasteiger partial charge is 0.223 e. The van der Waals surface area contributed by atoms with Crippen molar-refractivity contribution in [1.29, 1.82) is 0 Å². The summed E-state index contributed by atoms with van der Waals surface area (Å²) in [5, 5.41) is 3.23. The van der Waals surface area contributed by atoms with E-state index in [0.29, 0.717) is 5.92 Å². The Labute approximate surface area is 131 Å². The molecule has 1 fully saturated rings. The van der Waals surface area contributed by atoms with E-state index in [0.717, 1.165) is 29.7 Å². The molecule has 1 aliphatic rings. The summed E-state index contributed by atoms with van der Waals surface area (Å²) in [7, 11) is 0. The number of fused-ring (bicyclic) bond motifs is 1. The minimum Gasteiger partial charge on any atom is -0.346 e. The van der Waals surface area contributed by atoms with Crippen LogP contribution in [0.4, 0.5) is 0 Å². The number of H-pyrrole nitrogens is 1. The lowest BCUT2D eigenvalue weighted by Gasteiger charge is -2.26. The Bertz CT molecular complexity index is 608. The maximum Gasteiger partial charge on any atom is 0.223 e. The fraction of sp³-hybridized carbons (Fsp3) is 0.556. The maximum absolute atomic E-state index is 12.5. The van der Waals surface area contributed by atoms with Gasteiger partial charge in [-0.3, -0.25) is 4.79 Å². The molecular weight excluding hydrogens is 274 g/mol. The van der Waals surface area contributed by atoms with Crippen LogP contribution in [0.5, 0.6) is 0 Å². The Morgan fingerprint density at radius 3 is 2.64 bits per heavy atom. The molecule has 3 rings (SSSR count). The monoisotopic (exact) mass is 299 g/mol. The molecule has 1 aliphatic carbocycles. The molecule has 0 aliphatic heterocycles. The summed E-state index contributed by atoms with van der Waals surface area (Å²) in [5.41, 5.74) is 1.98. The van der Waals surface area contributed by atoms with Crippen LogP contribution >= 0.6 is 0 Å². The zero-order chi connectivity index (χ0) is 15.5. The number of hydrogen-bond donors (Lipinski definition) is 2. The SMILES string of the molecule is CC(C)[C@@H](NC(=O)C1CCCCC1)c1nc2ccccc2[nH]1. The number of carbonyl (C=O) groups is 1. The second kappa shape index (κ2) is 6.51. The molecular formula is C18H25N3O. The van der Waals surface area contributed by atoms with Crippen LogP contribution < -0.4 is 5.32 Å². The Kier molecular flexibility index (Phi) is 4.46. The summed E-state index contributed by atoms with van der Waals surface area (Å²) >= 11 is 0. The van der Waals surface area contributed by atoms with E-state index in [1.165, 1.54) is 19.3 Å². The number of rotatable bonds is 4. The number of para-hydroxylation sites is 2. The predicted octanol–water partition coefficient (Wildman–Crippen LogP) is 3.96. The highest BCUT2D eigenvalue weighted by Crippen LogP contribution is 2.27. The lowest BCUT2D eigenvalue weighted by atomic mass is 9.88. The molecule has 0 bridgehead atoms. The number of imidazole rings is 1. The lowest BCUT2D eigenvalue weighted by Crippen LogP contribution is -2.37. The summed E-state index contributed by atoms with van der Waals surface area (Å²) in [6.07, 6.45) is 5.67. The third kappa shape index (κ3) is 3.16. The van der Waals surface area contributed by atoms with E-state index in [1.807, 2.05) is 24.3 Å². The fourth-order valence-corrected chi connectivity index (χ4v) is 3.31. The van der Waals surface area contributed by atoms with Gasteiger partial charge in [0, 0.05) is 5.92 Å². The van der Waals surface area contributed by atoms with Crippen LogP contribution in [0.1, 0.15) is 57.8 Å². The van der Waals surface area contributed by atoms with Gasteiger partial charge in [-0.2, -0.15) is 0 Å². The summed E-state index contributed by atoms with van der Waals surface area (Å²) in [4.78, 5) is 20.6. The number of benzene rings is 1. The van der Waals surface area contributed by atoms with E-state index in [1.54, 1.807) is 0 Å². The predicted molar refractivity (Wildman–Crippen MR) is 88.4 cm³/mol. The van der Waals surface area contributed by atoms with Gasteiger partial charge in [-0.15, -0.1) is 0 Å². The van der Waals surface area contributed by atoms with Crippen molar-refractivity contribution in [3.05, 3.63) is 30.1 Å². The summed E-state index contributed by atoms with van der Waals surface area (Å²) in [6.45, 7) is 4.25. The van der Waals surface area contributed by atoms with Crippen LogP contribution in [0.25, 0.3) is 11.0 Å². The molecule has 0 saturated heterocycles. The van der Waals surface area contributed by atoms with Crippen LogP contribution in [-0.2, 0) is 4.79 Å². The van der Waals surface area contributed by atoms with Gasteiger partial charge in [0.25, 0.3) is 0 Å². The van der Waals surface area contributed by atoms with Crippen molar-refractivity contribution >= 4 is 16.9 Å². The maximum atomic E-state index is 12.5. The van der Waals surface area contributed by atoms with Gasteiger partial charge >= 0.3 is 0 Å². The summed E-state index contributed by atoms with van der Waals surface area (Å²) < 4.78 is 0. The first kappa shape index (κ1) is 15.1. The average Bonchev–Trinajstić information content (AvgIpc) is 2.96. The van der Waals surface area contributed by atoms with Crippen molar-refractivity contribution < 1.29 is 4.79 Å². The molecule has 2 aromatic rings. The number of hydrogen-bond acceptors (Lipinski definition) is 2. The standard InChI is InChI=1S/C18H25N3O/c1-12(2)16(21-18(22)13-8-4-3-5-9-13)17-19-14-10-6-7-11-15(14)20-17/h6-7,10-13,16H,3-5,8-9H2,1-2H3,(H,19,20)(H,21,22)/t16-/m1/s1. The molecule has 2 N–H and O–H groups in total. The zero-order valence-electron chi connectivity index (χ0n) is 13.4. The molecule has 4 heteroatoms. The first-order chi connectivity index (χ1) is 10.6. The zero-order valence-corrected chi connectivity index (χ0v) is 13.4. The van der Waals surface area contributed by atoms with Gasteiger partial charge < -0.3 is 10.3 Å². The quantitative estimate of drug-likeness (QED) is 0.898. The van der Waals surface area contributed by atoms with Gasteiger partial charge in [0.15, 0.2) is 0 Å². The van der Waals surface area contributed by atoms with E-state index in [9.17, 15) is 4.79 Å². The molecule has 4 nitrogen and oxygen atoms in total. The van der Waals surface area contributed by atoms with Crippen LogP contribution in [0, 0.1) is 11.8 Å². The molecule has 0 spiro atoms. The highest BCUT2D eigenvalue weighted by molar-refractivity contribution is 5.79. The summed E-state index contributed by atoms with van der Waals surface area (Å²) in [5.74, 6) is 1.53. The van der Waals surface area contributed by atoms with Gasteiger partial charge in [-0.25, -0.2) is 4.98 Å². The minimum atomic E-state index is -0.0539. The number of aromatic nitrogens is 2. The van der Waals surface area contributed by atoms with Crippen LogP contribution in [0.3, 0.4) is 0 Å². The molecule has 0 unspecified atom stereocenters. The topological polar surface area (TPSA) is 57.8 Å². The van der Waals surface area contributed by atoms with Crippen molar-refractivity contribution in [2.24, 2.45) is 11.8 Å². The van der Waals surface area contributed by atoms with Gasteiger partial charge in [-0.1, -0.05) is 45.2 Å². The second-order valence-corrected chi connectivity index (χ2v) is 6.70. The Hall–Kier alpha value is -1.84. The van der Waals surface area contributed by atoms with Crippen molar-refractivity contribution in [3.63, 3.8) is 0 Å². The highest BCUT2D eigenvalue weighted by Gasteiger charge is 2.27. The van der Waals surface area contributed by atoms with E-state index >= 15 is 0 Å². The van der Waals surface area contributed by atoms with E-state index in [-0.39, 0.29) is 17.9 Å². The Balaban J connectivity index is 1.78. The first-order valence-corrected chi connectivity index (χ1v) is 8.40. The molecule has 1 atom stereocenters. The number of nitrogens with zero attached hydrogens (tertiary/aromatic N) is 1. The van der Waals surface area contributed by atoms with Crippen LogP contribution in [0.2, 0.25) is 0 Å². The van der Waals surface area contributed by atoms with Crippen molar-refractivity contribution in [3.8, 4) is 0 Å². The molecule has 1 heterocycles. The fourth-order valence-electron chi connectivity index (χ4n) is 3.31. The molecule has 118 valence electrons. The Morgan fingerprint density at radius 2 is 1.95 bits per heavy atom. The highest BCUT2D eigenvalue weighted by atomic mass is 16.1. The summed E-state index contributed by atoms with van der Waals surface area (Å²) in [6, 6.07) is 7.94. The van der Waals surface area contributed by atoms with Gasteiger partial charge in [-0.05, 0) is 30.9 Å². The molecule has 22 heavy (non-hydrogen) atoms. The normalized spacial score (nSPS) is 17.8. The average molecular weight is 299 g/mol. The number of aromatic amines is 1. The third-order valence-corrected chi connectivity index (χ3v) is 4.64. The van der Waals surface area contributed by atoms with Gasteiger partial charge in [0.2, 0.25) is 5.91 Å². The van der Waals surface area contributed by atoms with Gasteiger partial charge in [0.05, 0.1) is 17.1 Å². The number of amides is 1. The van der Waals surface area contributed by atoms with Crippen LogP contribution in [0.15, 0.2) is 24.3 Å². The van der Waals surface area contributed by atoms with Crippen LogP contribution in [-0.4, -0.2) is 15.9 Å². The Morgan fingerprint density at radius 1 is 1.23 bits per heavy atom. The number of carbonyl (C=O) groups excluding carboxylic acids is 1. The molecule has 1 aromatic heterocycles. The largest absolute Gasteiger partial charge is 0.346 e. The molecule has 1 saturated carbocycles. The van der Waals surface area contributed by atoms with E-state index in [4.69, 9.17) is 0 Å².